The second-order valence-corrected chi connectivity index (χ2v) is 7.42. The van der Waals surface area contributed by atoms with Gasteiger partial charge in [0.25, 0.3) is 5.91 Å². The topological polar surface area (TPSA) is 89.4 Å². The van der Waals surface area contributed by atoms with E-state index in [0.29, 0.717) is 17.7 Å². The summed E-state index contributed by atoms with van der Waals surface area (Å²) in [4.78, 5) is 36.5. The minimum Gasteiger partial charge on any atom is -0.449 e. The van der Waals surface area contributed by atoms with Crippen LogP contribution in [-0.4, -0.2) is 35.0 Å². The number of aryl methyl sites for hydroxylation is 1. The lowest BCUT2D eigenvalue weighted by Gasteiger charge is -2.14. The number of ether oxygens (including phenoxy) is 1. The second kappa shape index (κ2) is 8.83. The summed E-state index contributed by atoms with van der Waals surface area (Å²) in [7, 11) is 0. The standard InChI is InChI=1S/C21H22F3N3O4/c1-10-8-14(11(2)27(10)13-4-5-13)21(30)31-12(3)20(29)25-9-17(28)26-16-7-6-15(22)18(23)19(16)24/h6-8,12-13H,4-5,9H2,1-3H3,(H,25,29)(H,26,28)/t12-/m0/s1. The lowest BCUT2D eigenvalue weighted by molar-refractivity contribution is -0.130. The number of anilines is 1. The Morgan fingerprint density at radius 2 is 1.84 bits per heavy atom. The molecule has 0 aliphatic heterocycles. The monoisotopic (exact) mass is 437 g/mol. The van der Waals surface area contributed by atoms with Crippen LogP contribution >= 0.6 is 0 Å². The normalized spacial score (nSPS) is 14.1. The third-order valence-electron chi connectivity index (χ3n) is 5.00. The van der Waals surface area contributed by atoms with Crippen molar-refractivity contribution in [3.05, 3.63) is 52.6 Å². The van der Waals surface area contributed by atoms with Crippen LogP contribution in [0, 0.1) is 31.3 Å². The molecule has 1 fully saturated rings. The van der Waals surface area contributed by atoms with Crippen molar-refractivity contribution < 1.29 is 32.3 Å². The first-order chi connectivity index (χ1) is 14.6. The molecule has 1 aromatic carbocycles. The van der Waals surface area contributed by atoms with Crippen molar-refractivity contribution in [3.8, 4) is 0 Å². The molecule has 0 saturated heterocycles. The molecule has 1 heterocycles. The van der Waals surface area contributed by atoms with Crippen molar-refractivity contribution >= 4 is 23.5 Å². The maximum atomic E-state index is 13.6. The Morgan fingerprint density at radius 1 is 1.16 bits per heavy atom. The van der Waals surface area contributed by atoms with Gasteiger partial charge in [-0.3, -0.25) is 9.59 Å². The largest absolute Gasteiger partial charge is 0.449 e. The SMILES string of the molecule is Cc1cc(C(=O)O[C@@H](C)C(=O)NCC(=O)Nc2ccc(F)c(F)c2F)c(C)n1C1CC1. The van der Waals surface area contributed by atoms with E-state index >= 15 is 0 Å². The van der Waals surface area contributed by atoms with Crippen molar-refractivity contribution in [3.63, 3.8) is 0 Å². The van der Waals surface area contributed by atoms with E-state index in [9.17, 15) is 27.6 Å². The molecule has 0 radical (unpaired) electrons. The van der Waals surface area contributed by atoms with E-state index in [4.69, 9.17) is 4.74 Å². The quantitative estimate of drug-likeness (QED) is 0.515. The highest BCUT2D eigenvalue weighted by Crippen LogP contribution is 2.38. The Kier molecular flexibility index (Phi) is 6.37. The molecule has 3 rings (SSSR count). The lowest BCUT2D eigenvalue weighted by Crippen LogP contribution is -2.40. The van der Waals surface area contributed by atoms with E-state index in [1.807, 2.05) is 19.2 Å². The average Bonchev–Trinajstić information content (AvgIpc) is 3.50. The Balaban J connectivity index is 1.53. The number of esters is 1. The molecular weight excluding hydrogens is 415 g/mol. The predicted octanol–water partition coefficient (Wildman–Crippen LogP) is 3.16. The van der Waals surface area contributed by atoms with Crippen molar-refractivity contribution in [1.82, 2.24) is 9.88 Å². The third-order valence-corrected chi connectivity index (χ3v) is 5.00. The minimum atomic E-state index is -1.72. The molecule has 31 heavy (non-hydrogen) atoms. The fraction of sp³-hybridized carbons (Fsp3) is 0.381. The molecule has 0 bridgehead atoms. The van der Waals surface area contributed by atoms with Gasteiger partial charge in [0.05, 0.1) is 17.8 Å². The summed E-state index contributed by atoms with van der Waals surface area (Å²) >= 11 is 0. The van der Waals surface area contributed by atoms with Crippen LogP contribution in [0.4, 0.5) is 18.9 Å². The number of nitrogens with one attached hydrogen (secondary N) is 2. The number of nitrogens with zero attached hydrogens (tertiary/aromatic N) is 1. The number of hydrogen-bond acceptors (Lipinski definition) is 4. The number of carbonyl (C=O) groups excluding carboxylic acids is 3. The van der Waals surface area contributed by atoms with Gasteiger partial charge in [-0.05, 0) is 51.8 Å². The number of halogens is 3. The van der Waals surface area contributed by atoms with Crippen molar-refractivity contribution in [2.24, 2.45) is 0 Å². The smallest absolute Gasteiger partial charge is 0.340 e. The number of carbonyl (C=O) groups is 3. The highest BCUT2D eigenvalue weighted by molar-refractivity contribution is 5.96. The third kappa shape index (κ3) is 4.89. The summed E-state index contributed by atoms with van der Waals surface area (Å²) < 4.78 is 47.0. The molecule has 2 aromatic rings. The van der Waals surface area contributed by atoms with Crippen molar-refractivity contribution in [2.75, 3.05) is 11.9 Å². The van der Waals surface area contributed by atoms with Gasteiger partial charge >= 0.3 is 5.97 Å². The molecule has 1 saturated carbocycles. The molecule has 1 aliphatic carbocycles. The zero-order valence-corrected chi connectivity index (χ0v) is 17.2. The van der Waals surface area contributed by atoms with Gasteiger partial charge in [0.15, 0.2) is 23.6 Å². The van der Waals surface area contributed by atoms with Crippen LogP contribution in [0.3, 0.4) is 0 Å². The number of hydrogen-bond donors (Lipinski definition) is 2. The van der Waals surface area contributed by atoms with Crippen LogP contribution in [-0.2, 0) is 14.3 Å². The van der Waals surface area contributed by atoms with E-state index in [2.05, 4.69) is 9.88 Å². The van der Waals surface area contributed by atoms with Gasteiger partial charge in [0, 0.05) is 17.4 Å². The van der Waals surface area contributed by atoms with Crippen LogP contribution in [0.5, 0.6) is 0 Å². The summed E-state index contributed by atoms with van der Waals surface area (Å²) in [5.41, 5.74) is 1.51. The van der Waals surface area contributed by atoms with Crippen LogP contribution in [0.15, 0.2) is 18.2 Å². The second-order valence-electron chi connectivity index (χ2n) is 7.42. The zero-order valence-electron chi connectivity index (χ0n) is 17.2. The molecule has 10 heteroatoms. The average molecular weight is 437 g/mol. The number of rotatable bonds is 7. The summed E-state index contributed by atoms with van der Waals surface area (Å²) in [5.74, 6) is -6.93. The van der Waals surface area contributed by atoms with Gasteiger partial charge in [-0.1, -0.05) is 0 Å². The fourth-order valence-corrected chi connectivity index (χ4v) is 3.28. The summed E-state index contributed by atoms with van der Waals surface area (Å²) in [6.07, 6.45) is 0.921. The molecule has 1 atom stereocenters. The first-order valence-corrected chi connectivity index (χ1v) is 9.70. The summed E-state index contributed by atoms with van der Waals surface area (Å²) in [6, 6.07) is 3.62. The number of benzene rings is 1. The van der Waals surface area contributed by atoms with Gasteiger partial charge in [0.2, 0.25) is 5.91 Å². The van der Waals surface area contributed by atoms with Gasteiger partial charge in [-0.2, -0.15) is 0 Å². The Bertz CT molecular complexity index is 1050. The summed E-state index contributed by atoms with van der Waals surface area (Å²) in [5, 5.41) is 4.27. The maximum absolute atomic E-state index is 13.6. The van der Waals surface area contributed by atoms with Crippen LogP contribution < -0.4 is 10.6 Å². The van der Waals surface area contributed by atoms with Crippen molar-refractivity contribution in [1.29, 1.82) is 0 Å². The zero-order chi connectivity index (χ0) is 22.9. The highest BCUT2D eigenvalue weighted by atomic mass is 19.2. The number of aromatic nitrogens is 1. The highest BCUT2D eigenvalue weighted by Gasteiger charge is 2.29. The van der Waals surface area contributed by atoms with Crippen LogP contribution in [0.2, 0.25) is 0 Å². The van der Waals surface area contributed by atoms with Gasteiger partial charge in [0.1, 0.15) is 0 Å². The predicted molar refractivity (Wildman–Crippen MR) is 105 cm³/mol. The van der Waals surface area contributed by atoms with E-state index in [1.54, 1.807) is 6.07 Å². The lowest BCUT2D eigenvalue weighted by atomic mass is 10.2. The molecule has 7 nitrogen and oxygen atoms in total. The Labute approximate surface area is 176 Å². The Hall–Kier alpha value is -3.30. The van der Waals surface area contributed by atoms with E-state index in [1.165, 1.54) is 6.92 Å². The van der Waals surface area contributed by atoms with Gasteiger partial charge in [-0.15, -0.1) is 0 Å². The molecule has 0 unspecified atom stereocenters. The molecule has 2 amide bonds. The van der Waals surface area contributed by atoms with E-state index in [-0.39, 0.29) is 0 Å². The molecule has 2 N–H and O–H groups in total. The number of amides is 2. The van der Waals surface area contributed by atoms with E-state index in [0.717, 1.165) is 30.3 Å². The minimum absolute atomic E-state index is 0.371. The fourth-order valence-electron chi connectivity index (χ4n) is 3.28. The Morgan fingerprint density at radius 3 is 2.48 bits per heavy atom. The molecule has 166 valence electrons. The molecular formula is C21H22F3N3O4. The van der Waals surface area contributed by atoms with Gasteiger partial charge in [-0.25, -0.2) is 18.0 Å². The van der Waals surface area contributed by atoms with Gasteiger partial charge < -0.3 is 19.9 Å². The molecule has 1 aromatic heterocycles. The summed E-state index contributed by atoms with van der Waals surface area (Å²) in [6.45, 7) is 4.47. The molecule has 0 spiro atoms. The maximum Gasteiger partial charge on any atom is 0.340 e. The van der Waals surface area contributed by atoms with E-state index < -0.39 is 53.6 Å². The van der Waals surface area contributed by atoms with Crippen molar-refractivity contribution in [2.45, 2.75) is 45.8 Å². The molecule has 1 aliphatic rings. The van der Waals surface area contributed by atoms with Crippen LogP contribution in [0.1, 0.15) is 47.6 Å². The first kappa shape index (κ1) is 22.4. The first-order valence-electron chi connectivity index (χ1n) is 9.70. The van der Waals surface area contributed by atoms with Crippen LogP contribution in [0.25, 0.3) is 0 Å².